The van der Waals surface area contributed by atoms with Crippen molar-refractivity contribution in [3.63, 3.8) is 0 Å². The van der Waals surface area contributed by atoms with E-state index >= 15 is 0 Å². The normalized spacial score (nSPS) is 15.3. The summed E-state index contributed by atoms with van der Waals surface area (Å²) in [5, 5.41) is 5.64. The molecule has 0 saturated carbocycles. The van der Waals surface area contributed by atoms with Crippen LogP contribution in [0, 0.1) is 0 Å². The van der Waals surface area contributed by atoms with Crippen molar-refractivity contribution in [2.75, 3.05) is 13.1 Å². The van der Waals surface area contributed by atoms with E-state index in [1.165, 1.54) is 5.01 Å². The average Bonchev–Trinajstić information content (AvgIpc) is 2.78. The second kappa shape index (κ2) is 4.23. The molecule has 0 atom stereocenters. The zero-order valence-corrected chi connectivity index (χ0v) is 8.39. The van der Waals surface area contributed by atoms with Gasteiger partial charge < -0.3 is 5.73 Å². The molecule has 1 aromatic rings. The number of hydrogen-bond acceptors (Lipinski definition) is 3. The molecule has 0 unspecified atom stereocenters. The lowest BCUT2D eigenvalue weighted by Crippen LogP contribution is -2.23. The zero-order valence-electron chi connectivity index (χ0n) is 8.39. The first-order valence-corrected chi connectivity index (χ1v) is 4.94. The summed E-state index contributed by atoms with van der Waals surface area (Å²) in [6, 6.07) is 9.15. The average molecular weight is 203 g/mol. The molecular weight excluding hydrogens is 190 g/mol. The third-order valence-electron chi connectivity index (χ3n) is 2.37. The molecule has 0 aromatic heterocycles. The van der Waals surface area contributed by atoms with Gasteiger partial charge in [0, 0.05) is 18.5 Å². The van der Waals surface area contributed by atoms with Gasteiger partial charge in [-0.1, -0.05) is 18.2 Å². The van der Waals surface area contributed by atoms with E-state index in [1.54, 1.807) is 12.1 Å². The lowest BCUT2D eigenvalue weighted by atomic mass is 10.2. The summed E-state index contributed by atoms with van der Waals surface area (Å²) in [5.74, 6) is -0.0564. The molecule has 2 rings (SSSR count). The Kier molecular flexibility index (Phi) is 2.78. The largest absolute Gasteiger partial charge is 0.325 e. The highest BCUT2D eigenvalue weighted by atomic mass is 16.2. The molecular formula is C11H13N3O. The third-order valence-corrected chi connectivity index (χ3v) is 2.37. The summed E-state index contributed by atoms with van der Waals surface area (Å²) in [6.45, 7) is 1.07. The van der Waals surface area contributed by atoms with Crippen molar-refractivity contribution >= 4 is 11.6 Å². The number of rotatable bonds is 2. The van der Waals surface area contributed by atoms with Crippen LogP contribution in [-0.2, 0) is 0 Å². The Hall–Kier alpha value is -1.68. The molecule has 0 spiro atoms. The number of nitrogens with two attached hydrogens (primary N) is 1. The topological polar surface area (TPSA) is 58.7 Å². The van der Waals surface area contributed by atoms with Crippen LogP contribution in [0.25, 0.3) is 0 Å². The lowest BCUT2D eigenvalue weighted by molar-refractivity contribution is 0.0778. The Labute approximate surface area is 88.4 Å². The molecule has 0 aliphatic carbocycles. The Morgan fingerprint density at radius 2 is 2.13 bits per heavy atom. The zero-order chi connectivity index (χ0) is 10.7. The van der Waals surface area contributed by atoms with Gasteiger partial charge in [-0.15, -0.1) is 0 Å². The second-order valence-electron chi connectivity index (χ2n) is 3.41. The SMILES string of the molecule is NCC1=NN(C(=O)c2ccccc2)CC1. The number of nitrogens with zero attached hydrogens (tertiary/aromatic N) is 2. The molecule has 1 aliphatic rings. The number of carbonyl (C=O) groups excluding carboxylic acids is 1. The molecule has 1 heterocycles. The third kappa shape index (κ3) is 2.05. The number of carbonyl (C=O) groups is 1. The molecule has 78 valence electrons. The van der Waals surface area contributed by atoms with Gasteiger partial charge in [-0.3, -0.25) is 4.79 Å². The van der Waals surface area contributed by atoms with E-state index in [1.807, 2.05) is 18.2 Å². The minimum absolute atomic E-state index is 0.0564. The van der Waals surface area contributed by atoms with Crippen LogP contribution >= 0.6 is 0 Å². The molecule has 4 heteroatoms. The van der Waals surface area contributed by atoms with Gasteiger partial charge in [0.05, 0.1) is 12.3 Å². The van der Waals surface area contributed by atoms with Gasteiger partial charge in [0.2, 0.25) is 0 Å². The fourth-order valence-electron chi connectivity index (χ4n) is 1.53. The maximum absolute atomic E-state index is 11.9. The minimum Gasteiger partial charge on any atom is -0.325 e. The highest BCUT2D eigenvalue weighted by Gasteiger charge is 2.20. The first-order valence-electron chi connectivity index (χ1n) is 4.94. The van der Waals surface area contributed by atoms with Gasteiger partial charge in [-0.05, 0) is 12.1 Å². The molecule has 0 fully saturated rings. The highest BCUT2D eigenvalue weighted by Crippen LogP contribution is 2.11. The van der Waals surface area contributed by atoms with Gasteiger partial charge >= 0.3 is 0 Å². The molecule has 15 heavy (non-hydrogen) atoms. The van der Waals surface area contributed by atoms with Crippen molar-refractivity contribution in [2.45, 2.75) is 6.42 Å². The number of benzene rings is 1. The number of hydrazone groups is 1. The van der Waals surface area contributed by atoms with Gasteiger partial charge in [-0.2, -0.15) is 5.10 Å². The van der Waals surface area contributed by atoms with E-state index in [2.05, 4.69) is 5.10 Å². The summed E-state index contributed by atoms with van der Waals surface area (Å²) in [6.07, 6.45) is 0.787. The van der Waals surface area contributed by atoms with Crippen LogP contribution in [0.2, 0.25) is 0 Å². The Balaban J connectivity index is 2.14. The second-order valence-corrected chi connectivity index (χ2v) is 3.41. The van der Waals surface area contributed by atoms with E-state index in [9.17, 15) is 4.79 Å². The maximum atomic E-state index is 11.9. The van der Waals surface area contributed by atoms with Crippen molar-refractivity contribution in [2.24, 2.45) is 10.8 Å². The lowest BCUT2D eigenvalue weighted by Gasteiger charge is -2.10. The number of amides is 1. The van der Waals surface area contributed by atoms with Crippen LogP contribution in [0.1, 0.15) is 16.8 Å². The summed E-state index contributed by atoms with van der Waals surface area (Å²) in [7, 11) is 0. The minimum atomic E-state index is -0.0564. The Morgan fingerprint density at radius 1 is 1.40 bits per heavy atom. The van der Waals surface area contributed by atoms with Gasteiger partial charge in [-0.25, -0.2) is 5.01 Å². The maximum Gasteiger partial charge on any atom is 0.273 e. The van der Waals surface area contributed by atoms with E-state index in [0.717, 1.165) is 12.1 Å². The highest BCUT2D eigenvalue weighted by molar-refractivity contribution is 5.97. The fraction of sp³-hybridized carbons (Fsp3) is 0.273. The van der Waals surface area contributed by atoms with Crippen LogP contribution in [0.4, 0.5) is 0 Å². The van der Waals surface area contributed by atoms with Crippen molar-refractivity contribution in [3.05, 3.63) is 35.9 Å². The molecule has 1 amide bonds. The van der Waals surface area contributed by atoms with E-state index in [4.69, 9.17) is 5.73 Å². The van der Waals surface area contributed by atoms with Crippen LogP contribution < -0.4 is 5.73 Å². The van der Waals surface area contributed by atoms with Crippen molar-refractivity contribution < 1.29 is 4.79 Å². The summed E-state index contributed by atoms with van der Waals surface area (Å²) in [5.41, 5.74) is 7.02. The van der Waals surface area contributed by atoms with Gasteiger partial charge in [0.15, 0.2) is 0 Å². The van der Waals surface area contributed by atoms with Gasteiger partial charge in [0.1, 0.15) is 0 Å². The molecule has 2 N–H and O–H groups in total. The quantitative estimate of drug-likeness (QED) is 0.774. The standard InChI is InChI=1S/C11H13N3O/c12-8-10-6-7-14(13-10)11(15)9-4-2-1-3-5-9/h1-5H,6-8,12H2. The van der Waals surface area contributed by atoms with E-state index < -0.39 is 0 Å². The monoisotopic (exact) mass is 203 g/mol. The molecule has 4 nitrogen and oxygen atoms in total. The Bertz CT molecular complexity index is 386. The van der Waals surface area contributed by atoms with Gasteiger partial charge in [0.25, 0.3) is 5.91 Å². The summed E-state index contributed by atoms with van der Waals surface area (Å²) in [4.78, 5) is 11.9. The first-order chi connectivity index (χ1) is 7.31. The summed E-state index contributed by atoms with van der Waals surface area (Å²) < 4.78 is 0. The summed E-state index contributed by atoms with van der Waals surface area (Å²) >= 11 is 0. The molecule has 1 aliphatic heterocycles. The predicted molar refractivity (Wildman–Crippen MR) is 58.6 cm³/mol. The Morgan fingerprint density at radius 3 is 2.73 bits per heavy atom. The van der Waals surface area contributed by atoms with Crippen molar-refractivity contribution in [1.29, 1.82) is 0 Å². The molecule has 1 aromatic carbocycles. The van der Waals surface area contributed by atoms with Crippen LogP contribution in [-0.4, -0.2) is 29.7 Å². The predicted octanol–water partition coefficient (Wildman–Crippen LogP) is 0.847. The molecule has 0 saturated heterocycles. The van der Waals surface area contributed by atoms with Crippen molar-refractivity contribution in [3.8, 4) is 0 Å². The fourth-order valence-corrected chi connectivity index (χ4v) is 1.53. The molecule has 0 radical (unpaired) electrons. The van der Waals surface area contributed by atoms with Crippen LogP contribution in [0.3, 0.4) is 0 Å². The smallest absolute Gasteiger partial charge is 0.273 e. The number of hydrogen-bond donors (Lipinski definition) is 1. The van der Waals surface area contributed by atoms with E-state index in [0.29, 0.717) is 18.7 Å². The van der Waals surface area contributed by atoms with Crippen LogP contribution in [0.15, 0.2) is 35.4 Å². The van der Waals surface area contributed by atoms with E-state index in [-0.39, 0.29) is 5.91 Å². The van der Waals surface area contributed by atoms with Crippen LogP contribution in [0.5, 0.6) is 0 Å². The molecule has 0 bridgehead atoms. The van der Waals surface area contributed by atoms with Crippen molar-refractivity contribution in [1.82, 2.24) is 5.01 Å². The first kappa shape index (κ1) is 9.86.